The van der Waals surface area contributed by atoms with E-state index in [-0.39, 0.29) is 11.5 Å². The van der Waals surface area contributed by atoms with Crippen molar-refractivity contribution in [3.63, 3.8) is 0 Å². The monoisotopic (exact) mass is 398 g/mol. The Morgan fingerprint density at radius 1 is 1.15 bits per heavy atom. The van der Waals surface area contributed by atoms with Crippen LogP contribution in [0.25, 0.3) is 0 Å². The average Bonchev–Trinajstić information content (AvgIpc) is 2.67. The minimum Gasteiger partial charge on any atom is -0.493 e. The normalized spacial score (nSPS) is 17.4. The van der Waals surface area contributed by atoms with Gasteiger partial charge in [-0.05, 0) is 24.6 Å². The number of hydrogen-bond acceptors (Lipinski definition) is 6. The summed E-state index contributed by atoms with van der Waals surface area (Å²) in [5.41, 5.74) is 1.02. The van der Waals surface area contributed by atoms with Gasteiger partial charge in [0.1, 0.15) is 0 Å². The predicted molar refractivity (Wildman–Crippen MR) is 107 cm³/mol. The number of ether oxygens (including phenoxy) is 2. The van der Waals surface area contributed by atoms with Gasteiger partial charge in [-0.25, -0.2) is 13.4 Å². The fourth-order valence-electron chi connectivity index (χ4n) is 2.80. The van der Waals surface area contributed by atoms with Crippen molar-refractivity contribution in [2.75, 3.05) is 58.4 Å². The molecule has 1 fully saturated rings. The molecule has 8 nitrogen and oxygen atoms in total. The van der Waals surface area contributed by atoms with Crippen molar-refractivity contribution in [1.82, 2.24) is 15.5 Å². The van der Waals surface area contributed by atoms with E-state index < -0.39 is 9.84 Å². The maximum absolute atomic E-state index is 11.5. The molecule has 0 spiro atoms. The topological polar surface area (TPSA) is 92.3 Å². The lowest BCUT2D eigenvalue weighted by molar-refractivity contribution is 0.299. The average molecular weight is 399 g/mol. The van der Waals surface area contributed by atoms with Crippen LogP contribution < -0.4 is 20.1 Å². The second-order valence-electron chi connectivity index (χ2n) is 6.30. The maximum Gasteiger partial charge on any atom is 0.191 e. The van der Waals surface area contributed by atoms with Crippen LogP contribution in [-0.4, -0.2) is 77.7 Å². The third-order valence-corrected chi connectivity index (χ3v) is 5.98. The van der Waals surface area contributed by atoms with Crippen LogP contribution in [0.5, 0.6) is 11.5 Å². The summed E-state index contributed by atoms with van der Waals surface area (Å²) in [6.07, 6.45) is 0. The van der Waals surface area contributed by atoms with E-state index in [1.54, 1.807) is 14.2 Å². The second kappa shape index (κ2) is 10.4. The first-order valence-corrected chi connectivity index (χ1v) is 11.0. The van der Waals surface area contributed by atoms with Crippen LogP contribution >= 0.6 is 0 Å². The van der Waals surface area contributed by atoms with Crippen LogP contribution in [0.4, 0.5) is 0 Å². The summed E-state index contributed by atoms with van der Waals surface area (Å²) in [6.45, 7) is 5.99. The second-order valence-corrected chi connectivity index (χ2v) is 8.61. The number of rotatable bonds is 8. The lowest BCUT2D eigenvalue weighted by atomic mass is 10.2. The van der Waals surface area contributed by atoms with E-state index in [1.165, 1.54) is 0 Å². The minimum atomic E-state index is -2.83. The van der Waals surface area contributed by atoms with Gasteiger partial charge in [0.15, 0.2) is 27.3 Å². The molecule has 1 aromatic carbocycles. The number of benzene rings is 1. The summed E-state index contributed by atoms with van der Waals surface area (Å²) >= 11 is 0. The van der Waals surface area contributed by atoms with Gasteiger partial charge in [-0.2, -0.15) is 0 Å². The molecule has 1 aliphatic heterocycles. The zero-order valence-electron chi connectivity index (χ0n) is 16.3. The van der Waals surface area contributed by atoms with E-state index in [9.17, 15) is 8.42 Å². The van der Waals surface area contributed by atoms with E-state index >= 15 is 0 Å². The number of guanidine groups is 1. The summed E-state index contributed by atoms with van der Waals surface area (Å²) in [4.78, 5) is 6.76. The molecule has 9 heteroatoms. The van der Waals surface area contributed by atoms with Gasteiger partial charge in [-0.1, -0.05) is 6.07 Å². The Morgan fingerprint density at radius 3 is 2.48 bits per heavy atom. The highest BCUT2D eigenvalue weighted by molar-refractivity contribution is 7.91. The van der Waals surface area contributed by atoms with Gasteiger partial charge in [-0.15, -0.1) is 0 Å². The van der Waals surface area contributed by atoms with Gasteiger partial charge in [0.25, 0.3) is 0 Å². The number of nitrogens with one attached hydrogen (secondary N) is 2. The molecule has 1 aromatic rings. The molecule has 0 atom stereocenters. The summed E-state index contributed by atoms with van der Waals surface area (Å²) < 4.78 is 33.5. The highest BCUT2D eigenvalue weighted by Crippen LogP contribution is 2.27. The van der Waals surface area contributed by atoms with Gasteiger partial charge in [0.2, 0.25) is 0 Å². The quantitative estimate of drug-likeness (QED) is 0.486. The molecule has 0 aromatic heterocycles. The predicted octanol–water partition coefficient (Wildman–Crippen LogP) is 0.489. The zero-order valence-corrected chi connectivity index (χ0v) is 17.1. The molecule has 0 aliphatic carbocycles. The van der Waals surface area contributed by atoms with Gasteiger partial charge in [-0.3, -0.25) is 4.90 Å². The Hall–Kier alpha value is -2.00. The molecule has 2 rings (SSSR count). The SMILES string of the molecule is CCNC(=NCc1ccc(OC)c(OC)c1)NCCN1CCS(=O)(=O)CC1. The van der Waals surface area contributed by atoms with E-state index in [4.69, 9.17) is 9.47 Å². The highest BCUT2D eigenvalue weighted by Gasteiger charge is 2.20. The summed E-state index contributed by atoms with van der Waals surface area (Å²) in [6, 6.07) is 5.75. The van der Waals surface area contributed by atoms with Crippen LogP contribution in [0.3, 0.4) is 0 Å². The lowest BCUT2D eigenvalue weighted by Gasteiger charge is -2.26. The van der Waals surface area contributed by atoms with Crippen LogP contribution in [0.2, 0.25) is 0 Å². The Bertz CT molecular complexity index is 723. The molecular formula is C18H30N4O4S. The Kier molecular flexibility index (Phi) is 8.18. The van der Waals surface area contributed by atoms with Crippen LogP contribution in [0.1, 0.15) is 12.5 Å². The van der Waals surface area contributed by atoms with Crippen LogP contribution in [0, 0.1) is 0 Å². The molecule has 0 bridgehead atoms. The fourth-order valence-corrected chi connectivity index (χ4v) is 4.07. The molecule has 0 unspecified atom stereocenters. The summed E-state index contributed by atoms with van der Waals surface area (Å²) in [5.74, 6) is 2.61. The molecule has 0 radical (unpaired) electrons. The number of aliphatic imine (C=N–C) groups is 1. The van der Waals surface area contributed by atoms with Crippen molar-refractivity contribution >= 4 is 15.8 Å². The molecule has 152 valence electrons. The first-order valence-electron chi connectivity index (χ1n) is 9.13. The van der Waals surface area contributed by atoms with Gasteiger partial charge in [0.05, 0.1) is 32.3 Å². The Labute approximate surface area is 161 Å². The number of sulfone groups is 1. The molecule has 27 heavy (non-hydrogen) atoms. The number of nitrogens with zero attached hydrogens (tertiary/aromatic N) is 2. The van der Waals surface area contributed by atoms with Crippen molar-refractivity contribution in [3.05, 3.63) is 23.8 Å². The van der Waals surface area contributed by atoms with Crippen molar-refractivity contribution in [3.8, 4) is 11.5 Å². The highest BCUT2D eigenvalue weighted by atomic mass is 32.2. The van der Waals surface area contributed by atoms with E-state index in [0.717, 1.165) is 24.6 Å². The molecular weight excluding hydrogens is 368 g/mol. The lowest BCUT2D eigenvalue weighted by Crippen LogP contribution is -2.45. The van der Waals surface area contributed by atoms with Gasteiger partial charge >= 0.3 is 0 Å². The zero-order chi connectivity index (χ0) is 19.7. The van der Waals surface area contributed by atoms with Crippen molar-refractivity contribution in [2.45, 2.75) is 13.5 Å². The molecule has 1 heterocycles. The summed E-state index contributed by atoms with van der Waals surface area (Å²) in [5, 5.41) is 6.53. The third kappa shape index (κ3) is 6.91. The maximum atomic E-state index is 11.5. The molecule has 0 amide bonds. The van der Waals surface area contributed by atoms with Crippen LogP contribution in [-0.2, 0) is 16.4 Å². The molecule has 1 saturated heterocycles. The smallest absolute Gasteiger partial charge is 0.191 e. The fraction of sp³-hybridized carbons (Fsp3) is 0.611. The third-order valence-electron chi connectivity index (χ3n) is 4.37. The van der Waals surface area contributed by atoms with E-state index in [1.807, 2.05) is 25.1 Å². The van der Waals surface area contributed by atoms with Crippen molar-refractivity contribution in [1.29, 1.82) is 0 Å². The molecule has 0 saturated carbocycles. The Morgan fingerprint density at radius 2 is 1.85 bits per heavy atom. The van der Waals surface area contributed by atoms with Crippen molar-refractivity contribution < 1.29 is 17.9 Å². The first-order chi connectivity index (χ1) is 13.0. The standard InChI is InChI=1S/C18H30N4O4S/c1-4-19-18(20-7-8-22-9-11-27(23,24)12-10-22)21-14-15-5-6-16(25-2)17(13-15)26-3/h5-6,13H,4,7-12,14H2,1-3H3,(H2,19,20,21). The summed E-state index contributed by atoms with van der Waals surface area (Å²) in [7, 11) is 0.392. The number of methoxy groups -OCH3 is 2. The molecule has 2 N–H and O–H groups in total. The van der Waals surface area contributed by atoms with Gasteiger partial charge in [0, 0.05) is 32.7 Å². The molecule has 1 aliphatic rings. The minimum absolute atomic E-state index is 0.250. The van der Waals surface area contributed by atoms with Crippen LogP contribution in [0.15, 0.2) is 23.2 Å². The van der Waals surface area contributed by atoms with Gasteiger partial charge < -0.3 is 20.1 Å². The first kappa shape index (κ1) is 21.3. The number of hydrogen-bond donors (Lipinski definition) is 2. The van der Waals surface area contributed by atoms with Crippen molar-refractivity contribution in [2.24, 2.45) is 4.99 Å². The van der Waals surface area contributed by atoms with E-state index in [2.05, 4.69) is 20.5 Å². The largest absolute Gasteiger partial charge is 0.493 e. The van der Waals surface area contributed by atoms with E-state index in [0.29, 0.717) is 37.7 Å². The Balaban J connectivity index is 1.87.